The van der Waals surface area contributed by atoms with Gasteiger partial charge < -0.3 is 9.30 Å². The lowest BCUT2D eigenvalue weighted by atomic mass is 10.1. The number of imidazole rings is 1. The first kappa shape index (κ1) is 19.8. The minimum Gasteiger partial charge on any atom is -0.487 e. The van der Waals surface area contributed by atoms with E-state index in [9.17, 15) is 4.39 Å². The van der Waals surface area contributed by atoms with Gasteiger partial charge in [-0.1, -0.05) is 12.1 Å². The van der Waals surface area contributed by atoms with Gasteiger partial charge in [0.05, 0.1) is 29.0 Å². The maximum atomic E-state index is 13.0. The van der Waals surface area contributed by atoms with Crippen molar-refractivity contribution < 1.29 is 9.13 Å². The Kier molecular flexibility index (Phi) is 5.42. The number of aromatic amines is 1. The predicted octanol–water partition coefficient (Wildman–Crippen LogP) is 4.49. The molecule has 0 radical (unpaired) electrons. The molecule has 31 heavy (non-hydrogen) atoms. The number of H-pyrrole nitrogens is 1. The zero-order chi connectivity index (χ0) is 21.2. The Hall–Kier alpha value is -3.19. The Balaban J connectivity index is 1.21. The molecule has 160 valence electrons. The van der Waals surface area contributed by atoms with Crippen LogP contribution >= 0.6 is 0 Å². The number of ether oxygens (including phenoxy) is 1. The van der Waals surface area contributed by atoms with Gasteiger partial charge in [-0.25, -0.2) is 9.37 Å². The van der Waals surface area contributed by atoms with Crippen LogP contribution in [0.3, 0.4) is 0 Å². The number of benzene rings is 2. The zero-order valence-electron chi connectivity index (χ0n) is 17.6. The Labute approximate surface area is 180 Å². The van der Waals surface area contributed by atoms with Crippen LogP contribution in [-0.2, 0) is 19.7 Å². The molecular formula is C24H26FN5O. The van der Waals surface area contributed by atoms with Gasteiger partial charge in [-0.2, -0.15) is 5.10 Å². The van der Waals surface area contributed by atoms with Crippen LogP contribution in [0.4, 0.5) is 4.39 Å². The van der Waals surface area contributed by atoms with Crippen LogP contribution in [0.15, 0.2) is 54.6 Å². The second-order valence-electron chi connectivity index (χ2n) is 8.04. The molecule has 1 unspecified atom stereocenters. The summed E-state index contributed by atoms with van der Waals surface area (Å²) in [5.74, 6) is 1.90. The number of aryl methyl sites for hydroxylation is 1. The molecule has 1 N–H and O–H groups in total. The maximum Gasteiger partial charge on any atom is 0.130 e. The van der Waals surface area contributed by atoms with Crippen molar-refractivity contribution in [2.45, 2.75) is 39.0 Å². The van der Waals surface area contributed by atoms with E-state index in [1.165, 1.54) is 17.6 Å². The van der Waals surface area contributed by atoms with Gasteiger partial charge in [-0.3, -0.25) is 10.00 Å². The topological polar surface area (TPSA) is 59.0 Å². The minimum atomic E-state index is -0.267. The number of fused-ring (bicyclic) bond motifs is 1. The van der Waals surface area contributed by atoms with E-state index in [4.69, 9.17) is 9.72 Å². The van der Waals surface area contributed by atoms with Gasteiger partial charge in [-0.05, 0) is 62.4 Å². The first-order valence-corrected chi connectivity index (χ1v) is 10.8. The van der Waals surface area contributed by atoms with Crippen LogP contribution in [0.5, 0.6) is 5.75 Å². The average molecular weight is 420 g/mol. The van der Waals surface area contributed by atoms with Crippen molar-refractivity contribution in [2.24, 2.45) is 0 Å². The number of hydrogen-bond acceptors (Lipinski definition) is 4. The number of hydrogen-bond donors (Lipinski definition) is 1. The van der Waals surface area contributed by atoms with Gasteiger partial charge in [0, 0.05) is 19.0 Å². The van der Waals surface area contributed by atoms with E-state index in [2.05, 4.69) is 50.9 Å². The highest BCUT2D eigenvalue weighted by atomic mass is 19.1. The standard InChI is InChI=1S/C24H26FN5O/c1-2-30-23-6-4-3-5-21(23)26-24(30)15-29-12-11-17(14-29)22-13-19(27-28-22)16-31-20-9-7-18(25)8-10-20/h3-10,13,17H,2,11-12,14-16H2,1H3,(H,27,28). The van der Waals surface area contributed by atoms with Crippen LogP contribution in [0.25, 0.3) is 11.0 Å². The number of nitrogens with one attached hydrogen (secondary N) is 1. The minimum absolute atomic E-state index is 0.267. The monoisotopic (exact) mass is 419 g/mol. The van der Waals surface area contributed by atoms with Crippen molar-refractivity contribution in [3.8, 4) is 5.75 Å². The number of likely N-dealkylation sites (tertiary alicyclic amines) is 1. The second kappa shape index (κ2) is 8.51. The fourth-order valence-corrected chi connectivity index (χ4v) is 4.37. The quantitative estimate of drug-likeness (QED) is 0.480. The molecule has 6 nitrogen and oxygen atoms in total. The molecule has 3 heterocycles. The number of halogens is 1. The molecule has 1 aliphatic heterocycles. The fraction of sp³-hybridized carbons (Fsp3) is 0.333. The molecule has 2 aromatic carbocycles. The zero-order valence-corrected chi connectivity index (χ0v) is 17.6. The molecule has 2 aromatic heterocycles. The molecule has 0 amide bonds. The molecule has 0 bridgehead atoms. The first-order valence-electron chi connectivity index (χ1n) is 10.8. The maximum absolute atomic E-state index is 13.0. The first-order chi connectivity index (χ1) is 15.2. The van der Waals surface area contributed by atoms with Crippen LogP contribution < -0.4 is 4.74 Å². The Morgan fingerprint density at radius 1 is 1.16 bits per heavy atom. The van der Waals surface area contributed by atoms with Crippen molar-refractivity contribution in [3.63, 3.8) is 0 Å². The predicted molar refractivity (Wildman–Crippen MR) is 117 cm³/mol. The summed E-state index contributed by atoms with van der Waals surface area (Å²) in [6, 6.07) is 16.5. The largest absolute Gasteiger partial charge is 0.487 e. The van der Waals surface area contributed by atoms with Crippen LogP contribution in [-0.4, -0.2) is 37.7 Å². The van der Waals surface area contributed by atoms with E-state index in [0.29, 0.717) is 18.3 Å². The van der Waals surface area contributed by atoms with E-state index < -0.39 is 0 Å². The molecule has 4 aromatic rings. The van der Waals surface area contributed by atoms with Crippen molar-refractivity contribution in [3.05, 3.63) is 77.6 Å². The number of aromatic nitrogens is 4. The van der Waals surface area contributed by atoms with E-state index in [1.54, 1.807) is 12.1 Å². The van der Waals surface area contributed by atoms with E-state index in [-0.39, 0.29) is 5.82 Å². The summed E-state index contributed by atoms with van der Waals surface area (Å²) in [5, 5.41) is 7.60. The summed E-state index contributed by atoms with van der Waals surface area (Å²) in [6.45, 7) is 6.33. The van der Waals surface area contributed by atoms with Gasteiger partial charge in [0.1, 0.15) is 24.0 Å². The SMILES string of the molecule is CCn1c(CN2CCC(c3cc(COc4ccc(F)cc4)[nH]n3)C2)nc2ccccc21. The molecule has 1 saturated heterocycles. The highest BCUT2D eigenvalue weighted by molar-refractivity contribution is 5.75. The Bertz CT molecular complexity index is 1170. The highest BCUT2D eigenvalue weighted by Crippen LogP contribution is 2.28. The fourth-order valence-electron chi connectivity index (χ4n) is 4.37. The molecule has 1 aliphatic rings. The number of para-hydroxylation sites is 2. The van der Waals surface area contributed by atoms with Crippen LogP contribution in [0, 0.1) is 5.82 Å². The normalized spacial score (nSPS) is 16.9. The van der Waals surface area contributed by atoms with Gasteiger partial charge in [-0.15, -0.1) is 0 Å². The number of rotatable bonds is 7. The molecule has 0 spiro atoms. The smallest absolute Gasteiger partial charge is 0.130 e. The summed E-state index contributed by atoms with van der Waals surface area (Å²) in [6.07, 6.45) is 1.08. The summed E-state index contributed by atoms with van der Waals surface area (Å²) >= 11 is 0. The van der Waals surface area contributed by atoms with E-state index in [1.807, 2.05) is 6.07 Å². The van der Waals surface area contributed by atoms with Crippen LogP contribution in [0.1, 0.15) is 36.5 Å². The lowest BCUT2D eigenvalue weighted by molar-refractivity contribution is 0.300. The van der Waals surface area contributed by atoms with Gasteiger partial charge >= 0.3 is 0 Å². The molecular weight excluding hydrogens is 393 g/mol. The second-order valence-corrected chi connectivity index (χ2v) is 8.04. The summed E-state index contributed by atoms with van der Waals surface area (Å²) in [4.78, 5) is 7.33. The summed E-state index contributed by atoms with van der Waals surface area (Å²) in [7, 11) is 0. The molecule has 5 rings (SSSR count). The highest BCUT2D eigenvalue weighted by Gasteiger charge is 2.27. The molecule has 0 aliphatic carbocycles. The molecule has 1 fully saturated rings. The van der Waals surface area contributed by atoms with Crippen molar-refractivity contribution >= 4 is 11.0 Å². The number of nitrogens with zero attached hydrogens (tertiary/aromatic N) is 4. The van der Waals surface area contributed by atoms with Crippen molar-refractivity contribution in [1.82, 2.24) is 24.6 Å². The summed E-state index contributed by atoms with van der Waals surface area (Å²) < 4.78 is 21.0. The van der Waals surface area contributed by atoms with Crippen LogP contribution in [0.2, 0.25) is 0 Å². The summed E-state index contributed by atoms with van der Waals surface area (Å²) in [5.41, 5.74) is 4.26. The lowest BCUT2D eigenvalue weighted by Gasteiger charge is -2.16. The van der Waals surface area contributed by atoms with Gasteiger partial charge in [0.15, 0.2) is 0 Å². The van der Waals surface area contributed by atoms with E-state index >= 15 is 0 Å². The lowest BCUT2D eigenvalue weighted by Crippen LogP contribution is -2.22. The molecule has 0 saturated carbocycles. The average Bonchev–Trinajstić information content (AvgIpc) is 3.51. The van der Waals surface area contributed by atoms with Crippen molar-refractivity contribution in [2.75, 3.05) is 13.1 Å². The molecule has 1 atom stereocenters. The third kappa shape index (κ3) is 4.18. The Morgan fingerprint density at radius 2 is 2.00 bits per heavy atom. The van der Waals surface area contributed by atoms with Crippen molar-refractivity contribution in [1.29, 1.82) is 0 Å². The van der Waals surface area contributed by atoms with Gasteiger partial charge in [0.25, 0.3) is 0 Å². The third-order valence-electron chi connectivity index (χ3n) is 5.96. The van der Waals surface area contributed by atoms with E-state index in [0.717, 1.165) is 55.3 Å². The third-order valence-corrected chi connectivity index (χ3v) is 5.96. The van der Waals surface area contributed by atoms with Gasteiger partial charge in [0.2, 0.25) is 0 Å². The molecule has 7 heteroatoms. The Morgan fingerprint density at radius 3 is 2.84 bits per heavy atom.